The summed E-state index contributed by atoms with van der Waals surface area (Å²) in [6, 6.07) is 1.79. The molecule has 0 saturated carbocycles. The van der Waals surface area contributed by atoms with Gasteiger partial charge in [0.1, 0.15) is 0 Å². The zero-order valence-corrected chi connectivity index (χ0v) is 8.70. The van der Waals surface area contributed by atoms with Gasteiger partial charge >= 0.3 is 0 Å². The molecule has 5 heteroatoms. The molecule has 14 heavy (non-hydrogen) atoms. The van der Waals surface area contributed by atoms with Crippen LogP contribution in [0, 0.1) is 0 Å². The van der Waals surface area contributed by atoms with Gasteiger partial charge in [-0.05, 0) is 12.5 Å². The Balaban J connectivity index is 1.99. The number of hydrogen-bond donors (Lipinski definition) is 1. The predicted octanol–water partition coefficient (Wildman–Crippen LogP) is 1.53. The molecular formula is C9H14ClN3O. The number of rotatable bonds is 7. The standard InChI is InChI=1S/C9H14ClN3O/c10-3-8-14-7-2-6-13-9-11-4-1-5-12-9/h1,4-5H,2-3,6-8H2,(H,11,12,13). The molecule has 0 amide bonds. The van der Waals surface area contributed by atoms with Gasteiger partial charge in [0.2, 0.25) is 5.95 Å². The lowest BCUT2D eigenvalue weighted by molar-refractivity contribution is 0.149. The van der Waals surface area contributed by atoms with E-state index < -0.39 is 0 Å². The Morgan fingerprint density at radius 1 is 1.29 bits per heavy atom. The maximum absolute atomic E-state index is 5.45. The molecule has 1 N–H and O–H groups in total. The normalized spacial score (nSPS) is 10.1. The average molecular weight is 216 g/mol. The molecule has 0 spiro atoms. The number of nitrogens with zero attached hydrogens (tertiary/aromatic N) is 2. The fraction of sp³-hybridized carbons (Fsp3) is 0.556. The lowest BCUT2D eigenvalue weighted by Gasteiger charge is -2.03. The van der Waals surface area contributed by atoms with E-state index in [0.29, 0.717) is 25.0 Å². The number of hydrogen-bond acceptors (Lipinski definition) is 4. The summed E-state index contributed by atoms with van der Waals surface area (Å²) in [4.78, 5) is 8.06. The monoisotopic (exact) mass is 215 g/mol. The molecule has 0 aliphatic carbocycles. The second kappa shape index (κ2) is 7.53. The van der Waals surface area contributed by atoms with E-state index in [9.17, 15) is 0 Å². The van der Waals surface area contributed by atoms with Crippen LogP contribution in [0.1, 0.15) is 6.42 Å². The highest BCUT2D eigenvalue weighted by atomic mass is 35.5. The molecule has 0 saturated heterocycles. The van der Waals surface area contributed by atoms with Gasteiger partial charge in [0.05, 0.1) is 6.61 Å². The average Bonchev–Trinajstić information content (AvgIpc) is 2.25. The van der Waals surface area contributed by atoms with Crippen LogP contribution in [0.25, 0.3) is 0 Å². The minimum Gasteiger partial charge on any atom is -0.380 e. The largest absolute Gasteiger partial charge is 0.380 e. The number of ether oxygens (including phenoxy) is 1. The summed E-state index contributed by atoms with van der Waals surface area (Å²) in [6.45, 7) is 2.14. The van der Waals surface area contributed by atoms with Gasteiger partial charge in [0.25, 0.3) is 0 Å². The van der Waals surface area contributed by atoms with E-state index >= 15 is 0 Å². The van der Waals surface area contributed by atoms with Crippen molar-refractivity contribution in [2.45, 2.75) is 6.42 Å². The topological polar surface area (TPSA) is 47.0 Å². The van der Waals surface area contributed by atoms with E-state index in [1.54, 1.807) is 18.5 Å². The second-order valence-electron chi connectivity index (χ2n) is 2.65. The van der Waals surface area contributed by atoms with Gasteiger partial charge in [0, 0.05) is 31.4 Å². The van der Waals surface area contributed by atoms with Crippen molar-refractivity contribution in [3.8, 4) is 0 Å². The third-order valence-electron chi connectivity index (χ3n) is 1.54. The molecule has 0 bridgehead atoms. The minimum atomic E-state index is 0.551. The molecule has 1 heterocycles. The molecular weight excluding hydrogens is 202 g/mol. The van der Waals surface area contributed by atoms with Crippen LogP contribution in [0.4, 0.5) is 5.95 Å². The van der Waals surface area contributed by atoms with E-state index in [1.807, 2.05) is 0 Å². The fourth-order valence-corrected chi connectivity index (χ4v) is 1.03. The summed E-state index contributed by atoms with van der Waals surface area (Å²) in [5.41, 5.74) is 0. The molecule has 0 aromatic carbocycles. The molecule has 1 aromatic heterocycles. The SMILES string of the molecule is ClCCOCCCNc1ncccn1. The highest BCUT2D eigenvalue weighted by Gasteiger charge is 1.92. The molecule has 1 rings (SSSR count). The van der Waals surface area contributed by atoms with Crippen molar-refractivity contribution in [2.24, 2.45) is 0 Å². The van der Waals surface area contributed by atoms with Crippen LogP contribution in [0.15, 0.2) is 18.5 Å². The molecule has 0 aliphatic heterocycles. The van der Waals surface area contributed by atoms with Crippen LogP contribution >= 0.6 is 11.6 Å². The quantitative estimate of drug-likeness (QED) is 0.554. The Morgan fingerprint density at radius 2 is 2.07 bits per heavy atom. The molecule has 1 aromatic rings. The molecule has 0 unspecified atom stereocenters. The molecule has 4 nitrogen and oxygen atoms in total. The number of anilines is 1. The summed E-state index contributed by atoms with van der Waals surface area (Å²) in [6.07, 6.45) is 4.34. The summed E-state index contributed by atoms with van der Waals surface area (Å²) in [5, 5.41) is 3.09. The second-order valence-corrected chi connectivity index (χ2v) is 3.03. The lowest BCUT2D eigenvalue weighted by Crippen LogP contribution is -2.08. The van der Waals surface area contributed by atoms with Gasteiger partial charge < -0.3 is 10.1 Å². The van der Waals surface area contributed by atoms with Crippen molar-refractivity contribution in [1.29, 1.82) is 0 Å². The zero-order valence-electron chi connectivity index (χ0n) is 7.95. The first-order valence-corrected chi connectivity index (χ1v) is 5.11. The van der Waals surface area contributed by atoms with Crippen molar-refractivity contribution in [1.82, 2.24) is 9.97 Å². The summed E-state index contributed by atoms with van der Waals surface area (Å²) in [7, 11) is 0. The summed E-state index contributed by atoms with van der Waals surface area (Å²) in [5.74, 6) is 1.21. The van der Waals surface area contributed by atoms with Gasteiger partial charge in [0.15, 0.2) is 0 Å². The zero-order chi connectivity index (χ0) is 10.1. The Kier molecular flexibility index (Phi) is 6.02. The Bertz CT molecular complexity index is 233. The molecule has 0 aliphatic rings. The number of aromatic nitrogens is 2. The third kappa shape index (κ3) is 4.99. The van der Waals surface area contributed by atoms with Crippen molar-refractivity contribution in [2.75, 3.05) is 31.0 Å². The first kappa shape index (κ1) is 11.2. The third-order valence-corrected chi connectivity index (χ3v) is 1.69. The number of halogens is 1. The van der Waals surface area contributed by atoms with Gasteiger partial charge in [-0.15, -0.1) is 11.6 Å². The van der Waals surface area contributed by atoms with E-state index in [1.165, 1.54) is 0 Å². The van der Waals surface area contributed by atoms with E-state index in [-0.39, 0.29) is 0 Å². The van der Waals surface area contributed by atoms with Gasteiger partial charge in [-0.25, -0.2) is 9.97 Å². The highest BCUT2D eigenvalue weighted by Crippen LogP contribution is 1.94. The predicted molar refractivity (Wildman–Crippen MR) is 56.7 cm³/mol. The van der Waals surface area contributed by atoms with E-state index in [4.69, 9.17) is 16.3 Å². The van der Waals surface area contributed by atoms with Gasteiger partial charge in [-0.1, -0.05) is 0 Å². The fourth-order valence-electron chi connectivity index (χ4n) is 0.921. The van der Waals surface area contributed by atoms with Gasteiger partial charge in [-0.3, -0.25) is 0 Å². The van der Waals surface area contributed by atoms with Crippen molar-refractivity contribution < 1.29 is 4.74 Å². The van der Waals surface area contributed by atoms with E-state index in [0.717, 1.165) is 13.0 Å². The van der Waals surface area contributed by atoms with Crippen LogP contribution in [0.3, 0.4) is 0 Å². The van der Waals surface area contributed by atoms with Gasteiger partial charge in [-0.2, -0.15) is 0 Å². The van der Waals surface area contributed by atoms with Crippen LogP contribution in [-0.4, -0.2) is 35.6 Å². The Hall–Kier alpha value is -0.870. The summed E-state index contributed by atoms with van der Waals surface area (Å²) < 4.78 is 5.21. The number of alkyl halides is 1. The maximum atomic E-state index is 5.45. The molecule has 0 atom stereocenters. The Morgan fingerprint density at radius 3 is 2.79 bits per heavy atom. The highest BCUT2D eigenvalue weighted by molar-refractivity contribution is 6.17. The van der Waals surface area contributed by atoms with Crippen LogP contribution in [0.2, 0.25) is 0 Å². The van der Waals surface area contributed by atoms with Crippen LogP contribution < -0.4 is 5.32 Å². The lowest BCUT2D eigenvalue weighted by atomic mass is 10.4. The Labute approximate surface area is 88.7 Å². The molecule has 0 radical (unpaired) electrons. The van der Waals surface area contributed by atoms with Crippen molar-refractivity contribution >= 4 is 17.5 Å². The first-order valence-electron chi connectivity index (χ1n) is 4.58. The number of nitrogens with one attached hydrogen (secondary N) is 1. The molecule has 78 valence electrons. The summed E-state index contributed by atoms with van der Waals surface area (Å²) >= 11 is 5.45. The van der Waals surface area contributed by atoms with Crippen molar-refractivity contribution in [3.05, 3.63) is 18.5 Å². The molecule has 0 fully saturated rings. The smallest absolute Gasteiger partial charge is 0.222 e. The first-order chi connectivity index (χ1) is 6.93. The van der Waals surface area contributed by atoms with Crippen LogP contribution in [0.5, 0.6) is 0 Å². The van der Waals surface area contributed by atoms with Crippen LogP contribution in [-0.2, 0) is 4.74 Å². The minimum absolute atomic E-state index is 0.551. The maximum Gasteiger partial charge on any atom is 0.222 e. The van der Waals surface area contributed by atoms with E-state index in [2.05, 4.69) is 15.3 Å². The van der Waals surface area contributed by atoms with Crippen molar-refractivity contribution in [3.63, 3.8) is 0 Å².